The number of nitrogens with zero attached hydrogens (tertiary/aromatic N) is 1. The van der Waals surface area contributed by atoms with Gasteiger partial charge in [0.1, 0.15) is 0 Å². The second-order valence-corrected chi connectivity index (χ2v) is 7.01. The smallest absolute Gasteiger partial charge is 0.0510 e. The molecule has 1 aliphatic rings. The molecule has 1 aromatic rings. The van der Waals surface area contributed by atoms with Gasteiger partial charge in [0.25, 0.3) is 0 Å². The summed E-state index contributed by atoms with van der Waals surface area (Å²) in [5.74, 6) is 1.61. The van der Waals surface area contributed by atoms with Crippen LogP contribution in [0.1, 0.15) is 32.8 Å². The van der Waals surface area contributed by atoms with Gasteiger partial charge < -0.3 is 10.6 Å². The lowest BCUT2D eigenvalue weighted by Gasteiger charge is -2.37. The molecule has 0 radical (unpaired) electrons. The summed E-state index contributed by atoms with van der Waals surface area (Å²) in [6.07, 6.45) is 2.22. The molecule has 1 aromatic carbocycles. The van der Waals surface area contributed by atoms with Crippen molar-refractivity contribution in [3.05, 3.63) is 28.2 Å². The normalized spacial score (nSPS) is 25.4. The van der Waals surface area contributed by atoms with Gasteiger partial charge in [-0.2, -0.15) is 0 Å². The minimum atomic E-state index is 0.216. The van der Waals surface area contributed by atoms with E-state index in [1.165, 1.54) is 22.1 Å². The molecule has 0 aliphatic carbocycles. The summed E-state index contributed by atoms with van der Waals surface area (Å²) in [5.41, 5.74) is 8.50. The molecular formula is C16H25BrN2. The zero-order valence-corrected chi connectivity index (χ0v) is 13.8. The molecule has 0 spiro atoms. The highest BCUT2D eigenvalue weighted by Gasteiger charge is 2.23. The predicted octanol–water partition coefficient (Wildman–Crippen LogP) is 3.82. The Morgan fingerprint density at radius 3 is 2.68 bits per heavy atom. The third-order valence-corrected chi connectivity index (χ3v) is 4.88. The van der Waals surface area contributed by atoms with E-state index in [2.05, 4.69) is 59.8 Å². The Labute approximate surface area is 125 Å². The summed E-state index contributed by atoms with van der Waals surface area (Å²) in [5, 5.41) is 0. The van der Waals surface area contributed by atoms with E-state index in [9.17, 15) is 0 Å². The Kier molecular flexibility index (Phi) is 4.91. The summed E-state index contributed by atoms with van der Waals surface area (Å²) in [7, 11) is 0. The maximum absolute atomic E-state index is 5.86. The maximum atomic E-state index is 5.86. The van der Waals surface area contributed by atoms with Gasteiger partial charge in [0.2, 0.25) is 0 Å². The fourth-order valence-corrected chi connectivity index (χ4v) is 3.46. The lowest BCUT2D eigenvalue weighted by molar-refractivity contribution is 0.324. The van der Waals surface area contributed by atoms with Crippen LogP contribution in [0.5, 0.6) is 0 Å². The van der Waals surface area contributed by atoms with Crippen LogP contribution in [0.4, 0.5) is 5.69 Å². The van der Waals surface area contributed by atoms with E-state index in [1.54, 1.807) is 0 Å². The van der Waals surface area contributed by atoms with Gasteiger partial charge in [-0.1, -0.05) is 19.9 Å². The van der Waals surface area contributed by atoms with Crippen LogP contribution in [0.3, 0.4) is 0 Å². The van der Waals surface area contributed by atoms with Crippen LogP contribution in [0.25, 0.3) is 0 Å². The van der Waals surface area contributed by atoms with Crippen LogP contribution in [-0.2, 0) is 6.42 Å². The fourth-order valence-electron chi connectivity index (χ4n) is 2.79. The average molecular weight is 325 g/mol. The highest BCUT2D eigenvalue weighted by Crippen LogP contribution is 2.32. The van der Waals surface area contributed by atoms with Gasteiger partial charge in [-0.3, -0.25) is 0 Å². The van der Waals surface area contributed by atoms with Crippen LogP contribution in [0, 0.1) is 11.8 Å². The molecular weight excluding hydrogens is 300 g/mol. The molecule has 3 unspecified atom stereocenters. The van der Waals surface area contributed by atoms with Crippen molar-refractivity contribution >= 4 is 21.6 Å². The topological polar surface area (TPSA) is 29.3 Å². The van der Waals surface area contributed by atoms with Gasteiger partial charge in [-0.25, -0.2) is 0 Å². The van der Waals surface area contributed by atoms with E-state index >= 15 is 0 Å². The number of halogens is 1. The summed E-state index contributed by atoms with van der Waals surface area (Å²) >= 11 is 3.73. The van der Waals surface area contributed by atoms with Gasteiger partial charge in [0.15, 0.2) is 0 Å². The first kappa shape index (κ1) is 14.9. The third-order valence-electron chi connectivity index (χ3n) is 4.24. The van der Waals surface area contributed by atoms with Crippen molar-refractivity contribution in [2.75, 3.05) is 18.0 Å². The third kappa shape index (κ3) is 3.73. The first-order valence-electron chi connectivity index (χ1n) is 7.26. The molecule has 2 N–H and O–H groups in total. The van der Waals surface area contributed by atoms with Gasteiger partial charge in [0, 0.05) is 23.6 Å². The Bertz CT molecular complexity index is 431. The van der Waals surface area contributed by atoms with E-state index in [0.717, 1.165) is 31.3 Å². The molecule has 2 rings (SSSR count). The summed E-state index contributed by atoms with van der Waals surface area (Å²) < 4.78 is 1.20. The van der Waals surface area contributed by atoms with Crippen molar-refractivity contribution in [1.29, 1.82) is 0 Å². The minimum Gasteiger partial charge on any atom is -0.370 e. The maximum Gasteiger partial charge on any atom is 0.0510 e. The first-order valence-corrected chi connectivity index (χ1v) is 8.05. The summed E-state index contributed by atoms with van der Waals surface area (Å²) in [6.45, 7) is 9.09. The van der Waals surface area contributed by atoms with Crippen molar-refractivity contribution in [3.63, 3.8) is 0 Å². The molecule has 0 saturated carbocycles. The van der Waals surface area contributed by atoms with Crippen molar-refractivity contribution < 1.29 is 0 Å². The van der Waals surface area contributed by atoms with Gasteiger partial charge in [0.05, 0.1) is 5.69 Å². The number of rotatable bonds is 3. The number of nitrogens with two attached hydrogens (primary N) is 1. The van der Waals surface area contributed by atoms with Crippen LogP contribution in [0.2, 0.25) is 0 Å². The molecule has 1 saturated heterocycles. The van der Waals surface area contributed by atoms with Gasteiger partial charge in [-0.05, 0) is 65.2 Å². The van der Waals surface area contributed by atoms with E-state index in [0.29, 0.717) is 0 Å². The highest BCUT2D eigenvalue weighted by atomic mass is 79.9. The SMILES string of the molecule is CC(N)Cc1ccc(N2CCC(C)C(C)C2)c(Br)c1. The molecule has 0 aromatic heterocycles. The van der Waals surface area contributed by atoms with Crippen LogP contribution in [0.15, 0.2) is 22.7 Å². The predicted molar refractivity (Wildman–Crippen MR) is 86.7 cm³/mol. The number of anilines is 1. The Morgan fingerprint density at radius 2 is 2.11 bits per heavy atom. The standard InChI is InChI=1S/C16H25BrN2/c1-11-6-7-19(10-12(11)2)16-5-4-14(8-13(3)18)9-15(16)17/h4-5,9,11-13H,6-8,10,18H2,1-3H3. The number of hydrogen-bond acceptors (Lipinski definition) is 2. The Balaban J connectivity index is 2.12. The van der Waals surface area contributed by atoms with Crippen LogP contribution < -0.4 is 10.6 Å². The lowest BCUT2D eigenvalue weighted by atomic mass is 9.88. The fraction of sp³-hybridized carbons (Fsp3) is 0.625. The van der Waals surface area contributed by atoms with Gasteiger partial charge in [-0.15, -0.1) is 0 Å². The number of benzene rings is 1. The molecule has 2 nitrogen and oxygen atoms in total. The average Bonchev–Trinajstić information content (AvgIpc) is 2.32. The molecule has 1 heterocycles. The zero-order valence-electron chi connectivity index (χ0n) is 12.2. The summed E-state index contributed by atoms with van der Waals surface area (Å²) in [6, 6.07) is 6.89. The Hall–Kier alpha value is -0.540. The molecule has 19 heavy (non-hydrogen) atoms. The quantitative estimate of drug-likeness (QED) is 0.915. The molecule has 0 amide bonds. The van der Waals surface area contributed by atoms with E-state index in [-0.39, 0.29) is 6.04 Å². The molecule has 3 heteroatoms. The molecule has 0 bridgehead atoms. The minimum absolute atomic E-state index is 0.216. The monoisotopic (exact) mass is 324 g/mol. The first-order chi connectivity index (χ1) is 8.97. The second kappa shape index (κ2) is 6.27. The largest absolute Gasteiger partial charge is 0.370 e. The van der Waals surface area contributed by atoms with Crippen molar-refractivity contribution in [2.45, 2.75) is 39.7 Å². The number of hydrogen-bond donors (Lipinski definition) is 1. The van der Waals surface area contributed by atoms with E-state index in [4.69, 9.17) is 5.73 Å². The van der Waals surface area contributed by atoms with Crippen LogP contribution in [-0.4, -0.2) is 19.1 Å². The summed E-state index contributed by atoms with van der Waals surface area (Å²) in [4.78, 5) is 2.50. The van der Waals surface area contributed by atoms with Crippen molar-refractivity contribution in [1.82, 2.24) is 0 Å². The lowest BCUT2D eigenvalue weighted by Crippen LogP contribution is -2.38. The van der Waals surface area contributed by atoms with Gasteiger partial charge >= 0.3 is 0 Å². The second-order valence-electron chi connectivity index (χ2n) is 6.16. The number of piperidine rings is 1. The van der Waals surface area contributed by atoms with Crippen LogP contribution >= 0.6 is 15.9 Å². The van der Waals surface area contributed by atoms with E-state index in [1.807, 2.05) is 0 Å². The highest BCUT2D eigenvalue weighted by molar-refractivity contribution is 9.10. The van der Waals surface area contributed by atoms with Crippen molar-refractivity contribution in [2.24, 2.45) is 17.6 Å². The molecule has 1 aliphatic heterocycles. The Morgan fingerprint density at radius 1 is 1.37 bits per heavy atom. The molecule has 1 fully saturated rings. The zero-order chi connectivity index (χ0) is 14.0. The van der Waals surface area contributed by atoms with Crippen molar-refractivity contribution in [3.8, 4) is 0 Å². The molecule has 106 valence electrons. The van der Waals surface area contributed by atoms with E-state index < -0.39 is 0 Å². The molecule has 3 atom stereocenters.